The number of hydrogen-bond donors (Lipinski definition) is 2. The minimum Gasteiger partial charge on any atom is -0.490 e. The molecule has 6 heteroatoms. The smallest absolute Gasteiger partial charge is 0.221 e. The maximum atomic E-state index is 12.7. The normalized spacial score (nSPS) is 16.5. The lowest BCUT2D eigenvalue weighted by molar-refractivity contribution is -0.114. The summed E-state index contributed by atoms with van der Waals surface area (Å²) in [6.07, 6.45) is 3.34. The fourth-order valence-electron chi connectivity index (χ4n) is 3.40. The van der Waals surface area contributed by atoms with Gasteiger partial charge in [-0.2, -0.15) is 0 Å². The molecule has 0 unspecified atom stereocenters. The summed E-state index contributed by atoms with van der Waals surface area (Å²) in [6.45, 7) is 3.48. The number of fused-ring (bicyclic) bond motifs is 2. The quantitative estimate of drug-likeness (QED) is 0.634. The second-order valence-corrected chi connectivity index (χ2v) is 6.86. The topological polar surface area (TPSA) is 76.7 Å². The number of ketones is 1. The molecule has 2 aliphatic heterocycles. The van der Waals surface area contributed by atoms with Crippen LogP contribution in [0.15, 0.2) is 42.5 Å². The van der Waals surface area contributed by atoms with E-state index in [2.05, 4.69) is 10.6 Å². The Kier molecular flexibility index (Phi) is 5.02. The first-order valence-corrected chi connectivity index (χ1v) is 9.40. The summed E-state index contributed by atoms with van der Waals surface area (Å²) < 4.78 is 11.6. The van der Waals surface area contributed by atoms with Crippen LogP contribution in [-0.4, -0.2) is 31.4 Å². The Balaban J connectivity index is 1.61. The van der Waals surface area contributed by atoms with Crippen molar-refractivity contribution in [3.05, 3.63) is 59.2 Å². The SMILES string of the molecule is CC(=O)Nc1ccc(C(=O)/C=C2\NCCc3cc4c(cc32)OCCCO4)cc1. The maximum Gasteiger partial charge on any atom is 0.221 e. The van der Waals surface area contributed by atoms with Gasteiger partial charge in [0.1, 0.15) is 0 Å². The number of nitrogens with one attached hydrogen (secondary N) is 2. The minimum atomic E-state index is -0.144. The highest BCUT2D eigenvalue weighted by Crippen LogP contribution is 2.36. The summed E-state index contributed by atoms with van der Waals surface area (Å²) in [5.41, 5.74) is 4.12. The van der Waals surface area contributed by atoms with Gasteiger partial charge in [-0.05, 0) is 48.4 Å². The van der Waals surface area contributed by atoms with E-state index >= 15 is 0 Å². The molecule has 0 aromatic heterocycles. The Bertz CT molecular complexity index is 948. The summed E-state index contributed by atoms with van der Waals surface area (Å²) in [5.74, 6) is 1.25. The van der Waals surface area contributed by atoms with Crippen LogP contribution in [0, 0.1) is 0 Å². The third kappa shape index (κ3) is 3.86. The average Bonchev–Trinajstić information content (AvgIpc) is 2.91. The second kappa shape index (κ2) is 7.76. The van der Waals surface area contributed by atoms with E-state index in [1.54, 1.807) is 30.3 Å². The van der Waals surface area contributed by atoms with Crippen LogP contribution >= 0.6 is 0 Å². The number of anilines is 1. The monoisotopic (exact) mass is 378 g/mol. The number of amides is 1. The number of rotatable bonds is 3. The number of ether oxygens (including phenoxy) is 2. The molecule has 0 aliphatic carbocycles. The van der Waals surface area contributed by atoms with Crippen molar-refractivity contribution < 1.29 is 19.1 Å². The van der Waals surface area contributed by atoms with Crippen molar-refractivity contribution in [1.82, 2.24) is 5.32 Å². The van der Waals surface area contributed by atoms with E-state index in [1.165, 1.54) is 6.92 Å². The molecule has 0 fully saturated rings. The van der Waals surface area contributed by atoms with Crippen LogP contribution in [0.5, 0.6) is 11.5 Å². The molecular weight excluding hydrogens is 356 g/mol. The minimum absolute atomic E-state index is 0.100. The Hall–Kier alpha value is -3.28. The van der Waals surface area contributed by atoms with Gasteiger partial charge in [0.05, 0.1) is 13.2 Å². The van der Waals surface area contributed by atoms with Crippen LogP contribution in [0.2, 0.25) is 0 Å². The number of carbonyl (C=O) groups is 2. The molecule has 144 valence electrons. The van der Waals surface area contributed by atoms with Crippen molar-refractivity contribution in [3.63, 3.8) is 0 Å². The van der Waals surface area contributed by atoms with Crippen LogP contribution in [0.3, 0.4) is 0 Å². The van der Waals surface area contributed by atoms with Gasteiger partial charge in [-0.3, -0.25) is 9.59 Å². The number of carbonyl (C=O) groups excluding carboxylic acids is 2. The zero-order chi connectivity index (χ0) is 19.5. The molecule has 4 rings (SSSR count). The molecule has 0 saturated carbocycles. The van der Waals surface area contributed by atoms with E-state index in [9.17, 15) is 9.59 Å². The van der Waals surface area contributed by atoms with Gasteiger partial charge in [0.25, 0.3) is 0 Å². The van der Waals surface area contributed by atoms with Gasteiger partial charge in [0, 0.05) is 48.5 Å². The molecule has 6 nitrogen and oxygen atoms in total. The molecule has 1 amide bonds. The second-order valence-electron chi connectivity index (χ2n) is 6.86. The lowest BCUT2D eigenvalue weighted by Crippen LogP contribution is -2.23. The Labute approximate surface area is 163 Å². The largest absolute Gasteiger partial charge is 0.490 e. The zero-order valence-corrected chi connectivity index (χ0v) is 15.7. The lowest BCUT2D eigenvalue weighted by Gasteiger charge is -2.23. The summed E-state index contributed by atoms with van der Waals surface area (Å²) >= 11 is 0. The lowest BCUT2D eigenvalue weighted by atomic mass is 9.95. The van der Waals surface area contributed by atoms with Crippen LogP contribution in [0.1, 0.15) is 34.8 Å². The molecule has 0 spiro atoms. The van der Waals surface area contributed by atoms with Crippen molar-refractivity contribution in [2.24, 2.45) is 0 Å². The molecular formula is C22H22N2O4. The highest BCUT2D eigenvalue weighted by molar-refractivity contribution is 6.09. The molecule has 0 radical (unpaired) electrons. The van der Waals surface area contributed by atoms with Crippen molar-refractivity contribution in [1.29, 1.82) is 0 Å². The van der Waals surface area contributed by atoms with Crippen molar-refractivity contribution >= 4 is 23.1 Å². The van der Waals surface area contributed by atoms with E-state index in [0.29, 0.717) is 24.5 Å². The van der Waals surface area contributed by atoms with E-state index in [4.69, 9.17) is 9.47 Å². The van der Waals surface area contributed by atoms with Crippen molar-refractivity contribution in [2.45, 2.75) is 19.8 Å². The fourth-order valence-corrected chi connectivity index (χ4v) is 3.40. The van der Waals surface area contributed by atoms with Crippen LogP contribution in [-0.2, 0) is 11.2 Å². The Morgan fingerprint density at radius 3 is 2.50 bits per heavy atom. The fraction of sp³-hybridized carbons (Fsp3) is 0.273. The predicted molar refractivity (Wildman–Crippen MR) is 107 cm³/mol. The van der Waals surface area contributed by atoms with Crippen molar-refractivity contribution in [3.8, 4) is 11.5 Å². The number of allylic oxidation sites excluding steroid dienone is 1. The molecule has 2 N–H and O–H groups in total. The van der Waals surface area contributed by atoms with Crippen LogP contribution < -0.4 is 20.1 Å². The third-order valence-corrected chi connectivity index (χ3v) is 4.74. The van der Waals surface area contributed by atoms with Gasteiger partial charge in [-0.1, -0.05) is 0 Å². The van der Waals surface area contributed by atoms with E-state index in [-0.39, 0.29) is 11.7 Å². The summed E-state index contributed by atoms with van der Waals surface area (Å²) in [6, 6.07) is 10.9. The summed E-state index contributed by atoms with van der Waals surface area (Å²) in [4.78, 5) is 23.9. The molecule has 2 aliphatic rings. The molecule has 0 bridgehead atoms. The van der Waals surface area contributed by atoms with Gasteiger partial charge >= 0.3 is 0 Å². The van der Waals surface area contributed by atoms with Gasteiger partial charge in [-0.15, -0.1) is 0 Å². The van der Waals surface area contributed by atoms with Gasteiger partial charge < -0.3 is 20.1 Å². The van der Waals surface area contributed by atoms with Crippen LogP contribution in [0.4, 0.5) is 5.69 Å². The first-order valence-electron chi connectivity index (χ1n) is 9.40. The van der Waals surface area contributed by atoms with E-state index in [0.717, 1.165) is 47.7 Å². The number of hydrogen-bond acceptors (Lipinski definition) is 5. The third-order valence-electron chi connectivity index (χ3n) is 4.74. The Morgan fingerprint density at radius 2 is 1.79 bits per heavy atom. The first-order chi connectivity index (χ1) is 13.6. The molecule has 0 saturated heterocycles. The summed E-state index contributed by atoms with van der Waals surface area (Å²) in [7, 11) is 0. The maximum absolute atomic E-state index is 12.7. The molecule has 0 atom stereocenters. The molecule has 2 aromatic carbocycles. The standard InChI is InChI=1S/C22H22N2O4/c1-14(25)24-17-5-3-15(4-6-17)20(26)13-19-18-12-22-21(27-9-2-10-28-22)11-16(18)7-8-23-19/h3-6,11-13,23H,2,7-10H2,1H3,(H,24,25)/b19-13-. The van der Waals surface area contributed by atoms with Crippen LogP contribution in [0.25, 0.3) is 5.70 Å². The van der Waals surface area contributed by atoms with Gasteiger partial charge in [0.2, 0.25) is 5.91 Å². The molecule has 28 heavy (non-hydrogen) atoms. The zero-order valence-electron chi connectivity index (χ0n) is 15.7. The first kappa shape index (κ1) is 18.1. The predicted octanol–water partition coefficient (Wildman–Crippen LogP) is 3.18. The summed E-state index contributed by atoms with van der Waals surface area (Å²) in [5, 5.41) is 6.02. The Morgan fingerprint density at radius 1 is 1.07 bits per heavy atom. The number of benzene rings is 2. The molecule has 2 aromatic rings. The average molecular weight is 378 g/mol. The highest BCUT2D eigenvalue weighted by atomic mass is 16.5. The van der Waals surface area contributed by atoms with Crippen molar-refractivity contribution in [2.75, 3.05) is 25.1 Å². The highest BCUT2D eigenvalue weighted by Gasteiger charge is 2.20. The van der Waals surface area contributed by atoms with Gasteiger partial charge in [-0.25, -0.2) is 0 Å². The van der Waals surface area contributed by atoms with E-state index < -0.39 is 0 Å². The van der Waals surface area contributed by atoms with Gasteiger partial charge in [0.15, 0.2) is 17.3 Å². The molecule has 2 heterocycles. The van der Waals surface area contributed by atoms with E-state index in [1.807, 2.05) is 12.1 Å².